The minimum absolute atomic E-state index is 0.263. The normalized spacial score (nSPS) is 17.4. The van der Waals surface area contributed by atoms with Gasteiger partial charge in [-0.25, -0.2) is 0 Å². The van der Waals surface area contributed by atoms with Gasteiger partial charge in [-0.05, 0) is 43.0 Å². The first-order chi connectivity index (χ1) is 11.7. The molecule has 0 saturated carbocycles. The van der Waals surface area contributed by atoms with Crippen molar-refractivity contribution in [3.05, 3.63) is 42.0 Å². The van der Waals surface area contributed by atoms with Crippen LogP contribution >= 0.6 is 0 Å². The van der Waals surface area contributed by atoms with Gasteiger partial charge in [-0.3, -0.25) is 4.79 Å². The summed E-state index contributed by atoms with van der Waals surface area (Å²) >= 11 is 0. The molecule has 2 aromatic rings. The minimum Gasteiger partial charge on any atom is -0.496 e. The molecule has 1 aliphatic rings. The van der Waals surface area contributed by atoms with Crippen molar-refractivity contribution >= 4 is 17.5 Å². The molecule has 0 spiro atoms. The number of methoxy groups -OCH3 is 1. The molecule has 0 bridgehead atoms. The first-order valence-corrected chi connectivity index (χ1v) is 8.20. The summed E-state index contributed by atoms with van der Waals surface area (Å²) in [6, 6.07) is 10.8. The van der Waals surface area contributed by atoms with Gasteiger partial charge < -0.3 is 15.0 Å². The summed E-state index contributed by atoms with van der Waals surface area (Å²) in [5, 5.41) is 11.2. The van der Waals surface area contributed by atoms with Gasteiger partial charge in [0.1, 0.15) is 5.75 Å². The Morgan fingerprint density at radius 1 is 1.25 bits per heavy atom. The summed E-state index contributed by atoms with van der Waals surface area (Å²) in [4.78, 5) is 14.6. The van der Waals surface area contributed by atoms with E-state index in [-0.39, 0.29) is 5.91 Å². The third kappa shape index (κ3) is 3.64. The second-order valence-corrected chi connectivity index (χ2v) is 6.12. The highest BCUT2D eigenvalue weighted by molar-refractivity contribution is 6.05. The van der Waals surface area contributed by atoms with Crippen molar-refractivity contribution in [1.29, 1.82) is 0 Å². The molecule has 1 unspecified atom stereocenters. The van der Waals surface area contributed by atoms with Gasteiger partial charge in [0.15, 0.2) is 11.6 Å². The molecule has 3 rings (SSSR count). The zero-order chi connectivity index (χ0) is 16.9. The average Bonchev–Trinajstić information content (AvgIpc) is 2.62. The number of rotatable bonds is 4. The van der Waals surface area contributed by atoms with Crippen LogP contribution in [0.1, 0.15) is 30.1 Å². The molecule has 1 atom stereocenters. The minimum atomic E-state index is -0.263. The Bertz CT molecular complexity index is 702. The van der Waals surface area contributed by atoms with E-state index >= 15 is 0 Å². The molecule has 2 heterocycles. The number of para-hydroxylation sites is 1. The van der Waals surface area contributed by atoms with Gasteiger partial charge in [-0.15, -0.1) is 10.2 Å². The lowest BCUT2D eigenvalue weighted by atomic mass is 10.0. The number of ether oxygens (including phenoxy) is 1. The second kappa shape index (κ2) is 7.29. The van der Waals surface area contributed by atoms with Crippen molar-refractivity contribution < 1.29 is 9.53 Å². The van der Waals surface area contributed by atoms with Crippen LogP contribution in [-0.2, 0) is 0 Å². The quantitative estimate of drug-likeness (QED) is 0.935. The molecule has 1 aromatic carbocycles. The fourth-order valence-corrected chi connectivity index (χ4v) is 2.97. The van der Waals surface area contributed by atoms with Crippen LogP contribution in [-0.4, -0.2) is 36.3 Å². The molecule has 24 heavy (non-hydrogen) atoms. The van der Waals surface area contributed by atoms with Gasteiger partial charge in [-0.1, -0.05) is 19.1 Å². The van der Waals surface area contributed by atoms with Gasteiger partial charge in [0.25, 0.3) is 5.91 Å². The summed E-state index contributed by atoms with van der Waals surface area (Å²) in [6.07, 6.45) is 2.44. The Labute approximate surface area is 141 Å². The van der Waals surface area contributed by atoms with Gasteiger partial charge in [0.2, 0.25) is 0 Å². The molecule has 6 nitrogen and oxygen atoms in total. The van der Waals surface area contributed by atoms with Gasteiger partial charge in [0, 0.05) is 13.1 Å². The summed E-state index contributed by atoms with van der Waals surface area (Å²) in [7, 11) is 1.54. The summed E-state index contributed by atoms with van der Waals surface area (Å²) in [5.41, 5.74) is 0.468. The van der Waals surface area contributed by atoms with Crippen molar-refractivity contribution in [2.75, 3.05) is 30.4 Å². The van der Waals surface area contributed by atoms with Crippen LogP contribution in [0.2, 0.25) is 0 Å². The summed E-state index contributed by atoms with van der Waals surface area (Å²) < 4.78 is 5.21. The zero-order valence-corrected chi connectivity index (χ0v) is 14.0. The number of nitrogens with one attached hydrogen (secondary N) is 1. The van der Waals surface area contributed by atoms with Crippen LogP contribution < -0.4 is 15.0 Å². The van der Waals surface area contributed by atoms with E-state index in [1.807, 2.05) is 12.1 Å². The molecule has 1 fully saturated rings. The number of hydrogen-bond acceptors (Lipinski definition) is 5. The Balaban J connectivity index is 1.69. The Kier molecular flexibility index (Phi) is 4.93. The van der Waals surface area contributed by atoms with E-state index in [2.05, 4.69) is 27.3 Å². The van der Waals surface area contributed by atoms with E-state index in [0.717, 1.165) is 18.9 Å². The van der Waals surface area contributed by atoms with E-state index in [0.29, 0.717) is 23.0 Å². The maximum Gasteiger partial charge on any atom is 0.260 e. The summed E-state index contributed by atoms with van der Waals surface area (Å²) in [5.74, 6) is 2.23. The second-order valence-electron chi connectivity index (χ2n) is 6.12. The van der Waals surface area contributed by atoms with E-state index in [1.54, 1.807) is 31.4 Å². The smallest absolute Gasteiger partial charge is 0.260 e. The standard InChI is InChI=1S/C18H22N4O2/c1-13-6-5-11-22(12-13)17-10-9-16(20-21-17)19-18(23)14-7-3-4-8-15(14)24-2/h3-4,7-10,13H,5-6,11-12H2,1-2H3,(H,19,20,23). The zero-order valence-electron chi connectivity index (χ0n) is 14.0. The number of nitrogens with zero attached hydrogens (tertiary/aromatic N) is 3. The lowest BCUT2D eigenvalue weighted by Crippen LogP contribution is -2.34. The van der Waals surface area contributed by atoms with E-state index in [4.69, 9.17) is 4.74 Å². The van der Waals surface area contributed by atoms with Crippen LogP contribution in [0.4, 0.5) is 11.6 Å². The monoisotopic (exact) mass is 326 g/mol. The molecule has 1 aliphatic heterocycles. The van der Waals surface area contributed by atoms with Crippen molar-refractivity contribution in [3.8, 4) is 5.75 Å². The first-order valence-electron chi connectivity index (χ1n) is 8.20. The van der Waals surface area contributed by atoms with Gasteiger partial charge >= 0.3 is 0 Å². The third-order valence-corrected chi connectivity index (χ3v) is 4.22. The molecule has 1 aromatic heterocycles. The molecule has 0 radical (unpaired) electrons. The van der Waals surface area contributed by atoms with Crippen molar-refractivity contribution in [2.24, 2.45) is 5.92 Å². The molecule has 1 N–H and O–H groups in total. The molecule has 1 saturated heterocycles. The van der Waals surface area contributed by atoms with Crippen LogP contribution in [0.15, 0.2) is 36.4 Å². The first kappa shape index (κ1) is 16.2. The third-order valence-electron chi connectivity index (χ3n) is 4.22. The number of benzene rings is 1. The number of carbonyl (C=O) groups is 1. The van der Waals surface area contributed by atoms with Crippen LogP contribution in [0.25, 0.3) is 0 Å². The molecule has 126 valence electrons. The lowest BCUT2D eigenvalue weighted by Gasteiger charge is -2.31. The predicted molar refractivity (Wildman–Crippen MR) is 93.6 cm³/mol. The highest BCUT2D eigenvalue weighted by atomic mass is 16.5. The number of hydrogen-bond donors (Lipinski definition) is 1. The van der Waals surface area contributed by atoms with Gasteiger partial charge in [0.05, 0.1) is 12.7 Å². The molecular weight excluding hydrogens is 304 g/mol. The number of aromatic nitrogens is 2. The molecule has 0 aliphatic carbocycles. The average molecular weight is 326 g/mol. The van der Waals surface area contributed by atoms with Crippen molar-refractivity contribution in [1.82, 2.24) is 10.2 Å². The number of amides is 1. The fraction of sp³-hybridized carbons (Fsp3) is 0.389. The lowest BCUT2D eigenvalue weighted by molar-refractivity contribution is 0.102. The summed E-state index contributed by atoms with van der Waals surface area (Å²) in [6.45, 7) is 4.26. The van der Waals surface area contributed by atoms with Crippen LogP contribution in [0.5, 0.6) is 5.75 Å². The highest BCUT2D eigenvalue weighted by Gasteiger charge is 2.18. The SMILES string of the molecule is COc1ccccc1C(=O)Nc1ccc(N2CCCC(C)C2)nn1. The van der Waals surface area contributed by atoms with E-state index < -0.39 is 0 Å². The Morgan fingerprint density at radius 3 is 2.79 bits per heavy atom. The fourth-order valence-electron chi connectivity index (χ4n) is 2.97. The van der Waals surface area contributed by atoms with Crippen molar-refractivity contribution in [2.45, 2.75) is 19.8 Å². The number of piperidine rings is 1. The predicted octanol–water partition coefficient (Wildman–Crippen LogP) is 2.97. The van der Waals surface area contributed by atoms with Crippen molar-refractivity contribution in [3.63, 3.8) is 0 Å². The Morgan fingerprint density at radius 2 is 2.08 bits per heavy atom. The molecular formula is C18H22N4O2. The van der Waals surface area contributed by atoms with Gasteiger partial charge in [-0.2, -0.15) is 0 Å². The van der Waals surface area contributed by atoms with E-state index in [9.17, 15) is 4.79 Å². The van der Waals surface area contributed by atoms with E-state index in [1.165, 1.54) is 12.8 Å². The maximum absolute atomic E-state index is 12.4. The number of carbonyl (C=O) groups excluding carboxylic acids is 1. The maximum atomic E-state index is 12.4. The topological polar surface area (TPSA) is 67.3 Å². The molecule has 1 amide bonds. The Hall–Kier alpha value is -2.63. The highest BCUT2D eigenvalue weighted by Crippen LogP contribution is 2.22. The van der Waals surface area contributed by atoms with Crippen LogP contribution in [0.3, 0.4) is 0 Å². The van der Waals surface area contributed by atoms with Crippen LogP contribution in [0, 0.1) is 5.92 Å². The molecule has 6 heteroatoms. The largest absolute Gasteiger partial charge is 0.496 e. The number of anilines is 2.